The topological polar surface area (TPSA) is 111 Å². The molecule has 1 fully saturated rings. The Balaban J connectivity index is 1.42. The van der Waals surface area contributed by atoms with Crippen LogP contribution in [0.4, 0.5) is 0 Å². The molecule has 0 radical (unpaired) electrons. The number of rotatable bonds is 9. The van der Waals surface area contributed by atoms with E-state index in [1.54, 1.807) is 13.8 Å². The van der Waals surface area contributed by atoms with E-state index in [0.717, 1.165) is 5.75 Å². The van der Waals surface area contributed by atoms with Gasteiger partial charge in [0, 0.05) is 19.0 Å². The third-order valence-electron chi connectivity index (χ3n) is 5.20. The van der Waals surface area contributed by atoms with Crippen molar-refractivity contribution >= 4 is 15.9 Å². The Kier molecular flexibility index (Phi) is 7.55. The van der Waals surface area contributed by atoms with Crippen molar-refractivity contribution in [2.45, 2.75) is 38.5 Å². The Hall–Kier alpha value is -2.59. The quantitative estimate of drug-likeness (QED) is 0.582. The van der Waals surface area contributed by atoms with E-state index in [1.807, 2.05) is 31.2 Å². The van der Waals surface area contributed by atoms with E-state index in [2.05, 4.69) is 10.5 Å². The predicted octanol–water partition coefficient (Wildman–Crippen LogP) is 2.29. The lowest BCUT2D eigenvalue weighted by Gasteiger charge is -2.30. The summed E-state index contributed by atoms with van der Waals surface area (Å²) in [7, 11) is -3.67. The fourth-order valence-electron chi connectivity index (χ4n) is 3.62. The second-order valence-corrected chi connectivity index (χ2v) is 9.25. The van der Waals surface area contributed by atoms with E-state index in [-0.39, 0.29) is 35.6 Å². The standard InChI is InChI=1S/C21H29N3O6S/c1-4-28-18-5-7-19(8-6-18)29-14-11-22-21(25)17-9-12-24(13-10-17)31(26,27)20-15(2)23-30-16(20)3/h5-8,17H,4,9-14H2,1-3H3,(H,22,25). The third kappa shape index (κ3) is 5.56. The highest BCUT2D eigenvalue weighted by Gasteiger charge is 2.35. The van der Waals surface area contributed by atoms with E-state index in [4.69, 9.17) is 14.0 Å². The van der Waals surface area contributed by atoms with Crippen molar-refractivity contribution in [1.29, 1.82) is 0 Å². The van der Waals surface area contributed by atoms with Gasteiger partial charge in [0.25, 0.3) is 0 Å². The fourth-order valence-corrected chi connectivity index (χ4v) is 5.38. The third-order valence-corrected chi connectivity index (χ3v) is 7.34. The van der Waals surface area contributed by atoms with Crippen LogP contribution in [0.2, 0.25) is 0 Å². The van der Waals surface area contributed by atoms with Crippen LogP contribution in [0.1, 0.15) is 31.2 Å². The number of nitrogens with one attached hydrogen (secondary N) is 1. The van der Waals surface area contributed by atoms with Crippen LogP contribution in [-0.2, 0) is 14.8 Å². The molecular formula is C21H29N3O6S. The normalized spacial score (nSPS) is 15.6. The Morgan fingerprint density at radius 1 is 1.16 bits per heavy atom. The van der Waals surface area contributed by atoms with Gasteiger partial charge >= 0.3 is 0 Å². The maximum atomic E-state index is 12.9. The summed E-state index contributed by atoms with van der Waals surface area (Å²) in [6, 6.07) is 7.31. The fraction of sp³-hybridized carbons (Fsp3) is 0.524. The first kappa shape index (κ1) is 23.1. The molecule has 9 nitrogen and oxygen atoms in total. The van der Waals surface area contributed by atoms with Gasteiger partial charge in [0.1, 0.15) is 28.7 Å². The number of aromatic nitrogens is 1. The van der Waals surface area contributed by atoms with Crippen LogP contribution < -0.4 is 14.8 Å². The molecule has 1 aromatic heterocycles. The SMILES string of the molecule is CCOc1ccc(OCCNC(=O)C2CCN(S(=O)(=O)c3c(C)noc3C)CC2)cc1. The summed E-state index contributed by atoms with van der Waals surface area (Å²) in [5.74, 6) is 1.47. The van der Waals surface area contributed by atoms with Crippen molar-refractivity contribution in [3.05, 3.63) is 35.7 Å². The maximum Gasteiger partial charge on any atom is 0.248 e. The number of nitrogens with zero attached hydrogens (tertiary/aromatic N) is 2. The summed E-state index contributed by atoms with van der Waals surface area (Å²) in [5.41, 5.74) is 0.352. The first-order valence-electron chi connectivity index (χ1n) is 10.4. The molecule has 2 aromatic rings. The number of aryl methyl sites for hydroxylation is 2. The number of hydrogen-bond acceptors (Lipinski definition) is 7. The predicted molar refractivity (Wildman–Crippen MR) is 114 cm³/mol. The van der Waals surface area contributed by atoms with E-state index in [0.29, 0.717) is 44.0 Å². The molecule has 170 valence electrons. The Morgan fingerprint density at radius 2 is 1.77 bits per heavy atom. The summed E-state index contributed by atoms with van der Waals surface area (Å²) in [6.45, 7) is 7.02. The number of carbonyl (C=O) groups is 1. The van der Waals surface area contributed by atoms with Crippen LogP contribution >= 0.6 is 0 Å². The molecule has 1 aromatic carbocycles. The van der Waals surface area contributed by atoms with Gasteiger partial charge in [-0.15, -0.1) is 0 Å². The van der Waals surface area contributed by atoms with Gasteiger partial charge < -0.3 is 19.3 Å². The van der Waals surface area contributed by atoms with Crippen molar-refractivity contribution in [2.75, 3.05) is 32.8 Å². The first-order valence-corrected chi connectivity index (χ1v) is 11.8. The lowest BCUT2D eigenvalue weighted by molar-refractivity contribution is -0.126. The summed E-state index contributed by atoms with van der Waals surface area (Å²) >= 11 is 0. The number of carbonyl (C=O) groups excluding carboxylic acids is 1. The van der Waals surface area contributed by atoms with Gasteiger partial charge in [0.05, 0.1) is 13.2 Å². The molecule has 1 saturated heterocycles. The summed E-state index contributed by atoms with van der Waals surface area (Å²) in [6.07, 6.45) is 0.933. The van der Waals surface area contributed by atoms with Crippen LogP contribution in [0, 0.1) is 19.8 Å². The summed E-state index contributed by atoms with van der Waals surface area (Å²) < 4.78 is 43.2. The van der Waals surface area contributed by atoms with Crippen molar-refractivity contribution in [1.82, 2.24) is 14.8 Å². The summed E-state index contributed by atoms with van der Waals surface area (Å²) in [5, 5.41) is 6.61. The molecule has 0 bridgehead atoms. The molecule has 0 saturated carbocycles. The lowest BCUT2D eigenvalue weighted by Crippen LogP contribution is -2.43. The van der Waals surface area contributed by atoms with Gasteiger partial charge in [0.15, 0.2) is 5.76 Å². The molecule has 1 amide bonds. The molecule has 1 N–H and O–H groups in total. The van der Waals surface area contributed by atoms with E-state index >= 15 is 0 Å². The number of piperidine rings is 1. The number of benzene rings is 1. The molecule has 10 heteroatoms. The largest absolute Gasteiger partial charge is 0.494 e. The zero-order chi connectivity index (χ0) is 22.4. The molecule has 0 atom stereocenters. The molecule has 31 heavy (non-hydrogen) atoms. The molecule has 0 unspecified atom stereocenters. The monoisotopic (exact) mass is 451 g/mol. The van der Waals surface area contributed by atoms with Crippen LogP contribution in [0.5, 0.6) is 11.5 Å². The van der Waals surface area contributed by atoms with Gasteiger partial charge in [0.2, 0.25) is 15.9 Å². The number of amides is 1. The van der Waals surface area contributed by atoms with Gasteiger partial charge in [-0.05, 0) is 57.9 Å². The smallest absolute Gasteiger partial charge is 0.248 e. The van der Waals surface area contributed by atoms with Gasteiger partial charge in [-0.3, -0.25) is 4.79 Å². The number of hydrogen-bond donors (Lipinski definition) is 1. The van der Waals surface area contributed by atoms with Gasteiger partial charge in [-0.25, -0.2) is 8.42 Å². The van der Waals surface area contributed by atoms with Gasteiger partial charge in [-0.2, -0.15) is 4.31 Å². The minimum atomic E-state index is -3.67. The molecule has 0 spiro atoms. The van der Waals surface area contributed by atoms with E-state index in [9.17, 15) is 13.2 Å². The van der Waals surface area contributed by atoms with Crippen LogP contribution in [0.3, 0.4) is 0 Å². The van der Waals surface area contributed by atoms with Crippen LogP contribution in [0.15, 0.2) is 33.7 Å². The number of ether oxygens (including phenoxy) is 2. The highest BCUT2D eigenvalue weighted by molar-refractivity contribution is 7.89. The Morgan fingerprint density at radius 3 is 2.32 bits per heavy atom. The van der Waals surface area contributed by atoms with Crippen molar-refractivity contribution in [2.24, 2.45) is 5.92 Å². The van der Waals surface area contributed by atoms with Crippen LogP contribution in [0.25, 0.3) is 0 Å². The minimum absolute atomic E-state index is 0.0790. The highest BCUT2D eigenvalue weighted by Crippen LogP contribution is 2.27. The van der Waals surface area contributed by atoms with E-state index in [1.165, 1.54) is 4.31 Å². The van der Waals surface area contributed by atoms with Crippen molar-refractivity contribution < 1.29 is 27.2 Å². The zero-order valence-electron chi connectivity index (χ0n) is 18.1. The van der Waals surface area contributed by atoms with Gasteiger partial charge in [-0.1, -0.05) is 5.16 Å². The average molecular weight is 452 g/mol. The molecule has 2 heterocycles. The average Bonchev–Trinajstić information content (AvgIpc) is 3.11. The molecule has 0 aliphatic carbocycles. The van der Waals surface area contributed by atoms with Crippen molar-refractivity contribution in [3.63, 3.8) is 0 Å². The molecule has 1 aliphatic rings. The maximum absolute atomic E-state index is 12.9. The molecular weight excluding hydrogens is 422 g/mol. The Labute approximate surface area is 182 Å². The molecule has 1 aliphatic heterocycles. The van der Waals surface area contributed by atoms with E-state index < -0.39 is 10.0 Å². The second-order valence-electron chi connectivity index (χ2n) is 7.38. The summed E-state index contributed by atoms with van der Waals surface area (Å²) in [4.78, 5) is 12.6. The lowest BCUT2D eigenvalue weighted by atomic mass is 9.97. The number of sulfonamides is 1. The minimum Gasteiger partial charge on any atom is -0.494 e. The Bertz CT molecular complexity index is 960. The first-order chi connectivity index (χ1) is 14.8. The second kappa shape index (κ2) is 10.1. The van der Waals surface area contributed by atoms with Crippen molar-refractivity contribution in [3.8, 4) is 11.5 Å². The highest BCUT2D eigenvalue weighted by atomic mass is 32.2. The van der Waals surface area contributed by atoms with Crippen LogP contribution in [-0.4, -0.2) is 56.6 Å². The molecule has 3 rings (SSSR count). The zero-order valence-corrected chi connectivity index (χ0v) is 18.9.